The van der Waals surface area contributed by atoms with Crippen molar-refractivity contribution in [2.75, 3.05) is 54.2 Å². The lowest BCUT2D eigenvalue weighted by Crippen LogP contribution is -2.63. The molecule has 7 atom stereocenters. The lowest BCUT2D eigenvalue weighted by Gasteiger charge is -2.45. The second-order valence-electron chi connectivity index (χ2n) is 23.1. The van der Waals surface area contributed by atoms with Crippen molar-refractivity contribution in [3.8, 4) is 0 Å². The molecule has 0 saturated carbocycles. The van der Waals surface area contributed by atoms with Gasteiger partial charge in [0.15, 0.2) is 6.29 Å². The number of benzene rings is 1. The molecular weight excluding hydrogens is 1010 g/mol. The molecule has 1 aliphatic rings. The van der Waals surface area contributed by atoms with Crippen LogP contribution in [0.3, 0.4) is 0 Å². The van der Waals surface area contributed by atoms with Crippen LogP contribution >= 0.6 is 0 Å². The number of hydrogen-bond acceptors (Lipinski definition) is 15. The highest BCUT2D eigenvalue weighted by molar-refractivity contribution is 5.89. The van der Waals surface area contributed by atoms with Crippen LogP contribution in [0.2, 0.25) is 0 Å². The maximum Gasteiger partial charge on any atom is 0.338 e. The van der Waals surface area contributed by atoms with E-state index in [4.69, 9.17) is 52.1 Å². The van der Waals surface area contributed by atoms with E-state index in [1.807, 2.05) is 18.2 Å². The Bertz CT molecular complexity index is 1730. The molecule has 0 radical (unpaired) electrons. The SMILES string of the molecule is CCCCCCCCCCCCC/C=C/[C@@H](OC(=O)c1ccccc1)[C@H](CO[C@H]1O[C@H](COCC(=O)OC(C)(C)C)[C@H](OCC(=O)OC(C)(C)C)[C@H](OCOC)[C@H]1OCOC)NC(=O)CCCCCCCCCCCCCCC. The van der Waals surface area contributed by atoms with Crippen molar-refractivity contribution in [3.05, 3.63) is 48.0 Å². The summed E-state index contributed by atoms with van der Waals surface area (Å²) in [5, 5.41) is 3.18. The molecule has 0 aromatic heterocycles. The van der Waals surface area contributed by atoms with Crippen molar-refractivity contribution in [3.63, 3.8) is 0 Å². The molecule has 0 unspecified atom stereocenters. The number of methoxy groups -OCH3 is 2. The Kier molecular flexibility index (Phi) is 40.0. The van der Waals surface area contributed by atoms with E-state index in [1.54, 1.807) is 65.8 Å². The summed E-state index contributed by atoms with van der Waals surface area (Å²) >= 11 is 0. The summed E-state index contributed by atoms with van der Waals surface area (Å²) in [6, 6.07) is 7.84. The Balaban J connectivity index is 2.45. The monoisotopic (exact) mass is 1120 g/mol. The number of amides is 1. The average Bonchev–Trinajstić information content (AvgIpc) is 3.41. The summed E-state index contributed by atoms with van der Waals surface area (Å²) < 4.78 is 66.1. The molecule has 1 aromatic carbocycles. The van der Waals surface area contributed by atoms with Crippen LogP contribution in [0, 0.1) is 0 Å². The van der Waals surface area contributed by atoms with Crippen LogP contribution in [0.15, 0.2) is 42.5 Å². The highest BCUT2D eigenvalue weighted by atomic mass is 16.8. The molecule has 1 heterocycles. The van der Waals surface area contributed by atoms with Crippen LogP contribution in [0.25, 0.3) is 0 Å². The van der Waals surface area contributed by atoms with Gasteiger partial charge in [0.1, 0.15) is 68.5 Å². The maximum atomic E-state index is 14.1. The minimum atomic E-state index is -1.26. The van der Waals surface area contributed by atoms with Gasteiger partial charge in [-0.25, -0.2) is 14.4 Å². The number of carbonyl (C=O) groups excluding carboxylic acids is 4. The van der Waals surface area contributed by atoms with Gasteiger partial charge in [-0.3, -0.25) is 4.79 Å². The number of rotatable bonds is 47. The predicted molar refractivity (Wildman–Crippen MR) is 308 cm³/mol. The van der Waals surface area contributed by atoms with Gasteiger partial charge in [0, 0.05) is 20.6 Å². The molecule has 16 heteroatoms. The number of hydrogen-bond donors (Lipinski definition) is 1. The summed E-state index contributed by atoms with van der Waals surface area (Å²) in [6.45, 7) is 13.2. The summed E-state index contributed by atoms with van der Waals surface area (Å²) in [4.78, 5) is 53.8. The molecule has 0 aliphatic carbocycles. The van der Waals surface area contributed by atoms with Crippen LogP contribution in [0.1, 0.15) is 233 Å². The van der Waals surface area contributed by atoms with Crippen molar-refractivity contribution >= 4 is 23.8 Å². The van der Waals surface area contributed by atoms with Crippen molar-refractivity contribution < 1.29 is 71.3 Å². The van der Waals surface area contributed by atoms with Crippen molar-refractivity contribution in [1.29, 1.82) is 0 Å². The first-order valence-corrected chi connectivity index (χ1v) is 30.3. The van der Waals surface area contributed by atoms with Crippen molar-refractivity contribution in [2.45, 2.75) is 276 Å². The summed E-state index contributed by atoms with van der Waals surface area (Å²) in [7, 11) is 2.93. The van der Waals surface area contributed by atoms with Crippen LogP contribution in [-0.4, -0.2) is 132 Å². The lowest BCUT2D eigenvalue weighted by molar-refractivity contribution is -0.337. The first kappa shape index (κ1) is 71.6. The minimum Gasteiger partial charge on any atom is -0.458 e. The Morgan fingerprint density at radius 2 is 1.06 bits per heavy atom. The van der Waals surface area contributed by atoms with E-state index in [2.05, 4.69) is 19.2 Å². The van der Waals surface area contributed by atoms with Crippen LogP contribution in [-0.2, 0) is 66.5 Å². The van der Waals surface area contributed by atoms with Gasteiger partial charge in [-0.1, -0.05) is 179 Å². The zero-order valence-electron chi connectivity index (χ0n) is 50.8. The number of ether oxygens (including phenoxy) is 11. The summed E-state index contributed by atoms with van der Waals surface area (Å²) in [6.07, 6.45) is 27.3. The topological polar surface area (TPSA) is 182 Å². The molecule has 1 aliphatic heterocycles. The third kappa shape index (κ3) is 35.9. The van der Waals surface area contributed by atoms with Crippen LogP contribution in [0.4, 0.5) is 0 Å². The Hall–Kier alpha value is -3.48. The predicted octanol–water partition coefficient (Wildman–Crippen LogP) is 13.2. The van der Waals surface area contributed by atoms with Gasteiger partial charge in [0.2, 0.25) is 5.91 Å². The first-order chi connectivity index (χ1) is 38.0. The van der Waals surface area contributed by atoms with E-state index < -0.39 is 85.2 Å². The third-order valence-corrected chi connectivity index (χ3v) is 13.3. The van der Waals surface area contributed by atoms with Gasteiger partial charge < -0.3 is 57.4 Å². The molecule has 2 rings (SSSR count). The van der Waals surface area contributed by atoms with Gasteiger partial charge in [-0.2, -0.15) is 0 Å². The molecule has 1 amide bonds. The molecule has 1 N–H and O–H groups in total. The van der Waals surface area contributed by atoms with E-state index in [-0.39, 0.29) is 39.1 Å². The summed E-state index contributed by atoms with van der Waals surface area (Å²) in [5.41, 5.74) is -1.18. The number of nitrogens with one attached hydrogen (secondary N) is 1. The van der Waals surface area contributed by atoms with E-state index in [0.717, 1.165) is 44.9 Å². The number of esters is 3. The molecule has 16 nitrogen and oxygen atoms in total. The Morgan fingerprint density at radius 1 is 0.582 bits per heavy atom. The van der Waals surface area contributed by atoms with Gasteiger partial charge in [-0.05, 0) is 79.0 Å². The third-order valence-electron chi connectivity index (χ3n) is 13.3. The van der Waals surface area contributed by atoms with Crippen molar-refractivity contribution in [2.24, 2.45) is 0 Å². The Morgan fingerprint density at radius 3 is 1.57 bits per heavy atom. The van der Waals surface area contributed by atoms with Gasteiger partial charge >= 0.3 is 17.9 Å². The zero-order chi connectivity index (χ0) is 58.0. The smallest absolute Gasteiger partial charge is 0.338 e. The highest BCUT2D eigenvalue weighted by Crippen LogP contribution is 2.31. The fourth-order valence-electron chi connectivity index (χ4n) is 9.35. The lowest BCUT2D eigenvalue weighted by atomic mass is 9.98. The largest absolute Gasteiger partial charge is 0.458 e. The Labute approximate surface area is 477 Å². The molecule has 1 fully saturated rings. The van der Waals surface area contributed by atoms with E-state index in [0.29, 0.717) is 12.0 Å². The quantitative estimate of drug-likeness (QED) is 0.0214. The number of unbranched alkanes of at least 4 members (excludes halogenated alkanes) is 23. The molecule has 456 valence electrons. The standard InChI is InChI=1S/C63H109NO15/c1-11-13-15-17-19-21-23-25-27-29-31-33-38-42-52(76-60(68)50-40-36-35-37-41-50)51(64-54(65)43-39-34-32-30-28-26-24-22-20-18-16-14-12-2)44-73-61-59(75-49-70-10)58(74-48-69-9)57(72-47-56(67)79-63(6,7)8)53(77-61)45-71-46-55(66)78-62(3,4)5/h35-38,40-42,51-53,57-59,61H,11-34,39,43-49H2,1-10H3,(H,64,65)/b42-38+/t51-,52+,53+,57-,58-,59+,61-/m0/s1. The number of carbonyl (C=O) groups is 4. The molecule has 0 spiro atoms. The molecule has 1 saturated heterocycles. The second-order valence-corrected chi connectivity index (χ2v) is 23.1. The number of allylic oxidation sites excluding steroid dienone is 1. The van der Waals surface area contributed by atoms with E-state index >= 15 is 0 Å². The van der Waals surface area contributed by atoms with Gasteiger partial charge in [0.25, 0.3) is 0 Å². The summed E-state index contributed by atoms with van der Waals surface area (Å²) in [5.74, 6) is -2.00. The maximum absolute atomic E-state index is 14.1. The van der Waals surface area contributed by atoms with Crippen molar-refractivity contribution in [1.82, 2.24) is 5.32 Å². The van der Waals surface area contributed by atoms with E-state index in [1.165, 1.54) is 123 Å². The normalized spacial score (nSPS) is 18.6. The molecular formula is C63H109NO15. The van der Waals surface area contributed by atoms with Gasteiger partial charge in [-0.15, -0.1) is 0 Å². The fraction of sp³-hybridized carbons (Fsp3) is 0.810. The highest BCUT2D eigenvalue weighted by Gasteiger charge is 2.50. The average molecular weight is 1120 g/mol. The second kappa shape index (κ2) is 44.1. The van der Waals surface area contributed by atoms with Crippen LogP contribution in [0.5, 0.6) is 0 Å². The van der Waals surface area contributed by atoms with E-state index in [9.17, 15) is 19.2 Å². The zero-order valence-corrected chi connectivity index (χ0v) is 50.8. The van der Waals surface area contributed by atoms with Crippen LogP contribution < -0.4 is 5.32 Å². The fourth-order valence-corrected chi connectivity index (χ4v) is 9.35. The minimum absolute atomic E-state index is 0.210. The first-order valence-electron chi connectivity index (χ1n) is 30.3. The molecule has 0 bridgehead atoms. The molecule has 1 aromatic rings. The van der Waals surface area contributed by atoms with Gasteiger partial charge in [0.05, 0.1) is 24.8 Å². The molecule has 79 heavy (non-hydrogen) atoms.